The summed E-state index contributed by atoms with van der Waals surface area (Å²) in [7, 11) is 1.59. The van der Waals surface area contributed by atoms with Crippen molar-refractivity contribution in [1.29, 1.82) is 0 Å². The molecule has 1 aliphatic rings. The van der Waals surface area contributed by atoms with Crippen molar-refractivity contribution in [2.24, 2.45) is 0 Å². The molecule has 0 aliphatic carbocycles. The first-order chi connectivity index (χ1) is 19.4. The van der Waals surface area contributed by atoms with Crippen LogP contribution < -0.4 is 10.1 Å². The Morgan fingerprint density at radius 2 is 1.88 bits per heavy atom. The van der Waals surface area contributed by atoms with E-state index in [4.69, 9.17) is 21.1 Å². The number of nitrogens with zero attached hydrogens (tertiary/aromatic N) is 3. The quantitative estimate of drug-likeness (QED) is 0.287. The minimum Gasteiger partial charge on any atom is -0.497 e. The Morgan fingerprint density at radius 3 is 2.55 bits per heavy atom. The average Bonchev–Trinajstić information content (AvgIpc) is 3.63. The van der Waals surface area contributed by atoms with Crippen LogP contribution in [-0.4, -0.2) is 59.2 Å². The van der Waals surface area contributed by atoms with Gasteiger partial charge >= 0.3 is 0 Å². The Hall–Kier alpha value is -4.21. The summed E-state index contributed by atoms with van der Waals surface area (Å²) >= 11 is 6.30. The van der Waals surface area contributed by atoms with Gasteiger partial charge in [-0.2, -0.15) is 0 Å². The molecule has 3 aromatic carbocycles. The first-order valence-electron chi connectivity index (χ1n) is 12.9. The average molecular weight is 563 g/mol. The van der Waals surface area contributed by atoms with Crippen LogP contribution in [0.15, 0.2) is 79.0 Å². The molecule has 1 atom stereocenters. The number of ether oxygens (including phenoxy) is 2. The first-order valence-corrected chi connectivity index (χ1v) is 13.2. The van der Waals surface area contributed by atoms with Crippen molar-refractivity contribution in [2.45, 2.75) is 18.9 Å². The summed E-state index contributed by atoms with van der Waals surface area (Å²) < 4.78 is 26.3. The zero-order chi connectivity index (χ0) is 28.1. The molecule has 2 amide bonds. The van der Waals surface area contributed by atoms with Crippen molar-refractivity contribution in [3.05, 3.63) is 95.4 Å². The fraction of sp³-hybridized carbons (Fsp3) is 0.233. The molecule has 0 spiro atoms. The Balaban J connectivity index is 1.42. The van der Waals surface area contributed by atoms with Crippen LogP contribution in [0.4, 0.5) is 10.3 Å². The third-order valence-corrected chi connectivity index (χ3v) is 6.95. The van der Waals surface area contributed by atoms with Gasteiger partial charge < -0.3 is 14.4 Å². The van der Waals surface area contributed by atoms with E-state index in [1.807, 2.05) is 24.3 Å². The molecule has 5 rings (SSSR count). The molecule has 40 heavy (non-hydrogen) atoms. The van der Waals surface area contributed by atoms with Gasteiger partial charge in [0.15, 0.2) is 0 Å². The topological polar surface area (TPSA) is 85.7 Å². The lowest BCUT2D eigenvalue weighted by Gasteiger charge is -2.25. The SMILES string of the molecule is COc1ccc(-c2cn(-c3ccc(F)cc3)c(NC(=O)CN(C[C@@H]3CCCO3)C(=O)c3ccccc3Cl)n2)cc1. The van der Waals surface area contributed by atoms with E-state index in [1.165, 1.54) is 17.0 Å². The number of methoxy groups -OCH3 is 1. The van der Waals surface area contributed by atoms with E-state index in [1.54, 1.807) is 54.3 Å². The number of carbonyl (C=O) groups excluding carboxylic acids is 2. The highest BCUT2D eigenvalue weighted by Gasteiger charge is 2.27. The van der Waals surface area contributed by atoms with Crippen LogP contribution in [0.25, 0.3) is 16.9 Å². The van der Waals surface area contributed by atoms with E-state index < -0.39 is 5.91 Å². The zero-order valence-corrected chi connectivity index (χ0v) is 22.6. The molecule has 1 N–H and O–H groups in total. The van der Waals surface area contributed by atoms with E-state index in [-0.39, 0.29) is 36.9 Å². The van der Waals surface area contributed by atoms with E-state index in [2.05, 4.69) is 10.3 Å². The van der Waals surface area contributed by atoms with Crippen molar-refractivity contribution in [2.75, 3.05) is 32.1 Å². The molecule has 0 radical (unpaired) electrons. The van der Waals surface area contributed by atoms with Gasteiger partial charge in [0.25, 0.3) is 5.91 Å². The third-order valence-electron chi connectivity index (χ3n) is 6.62. The maximum Gasteiger partial charge on any atom is 0.255 e. The number of amides is 2. The molecule has 0 saturated carbocycles. The van der Waals surface area contributed by atoms with Gasteiger partial charge in [0, 0.05) is 30.6 Å². The molecule has 206 valence electrons. The standard InChI is InChI=1S/C30H28ClFN4O4/c1-39-23-14-8-20(9-15-23)27-18-36(22-12-10-21(32)11-13-22)30(33-27)34-28(37)19-35(17-24-5-4-16-40-24)29(38)25-6-2-3-7-26(25)31/h2-3,6-15,18,24H,4-5,16-17,19H2,1H3,(H,33,34,37)/t24-/m0/s1. The van der Waals surface area contributed by atoms with Crippen LogP contribution in [-0.2, 0) is 9.53 Å². The lowest BCUT2D eigenvalue weighted by atomic mass is 10.1. The van der Waals surface area contributed by atoms with Crippen LogP contribution >= 0.6 is 11.6 Å². The summed E-state index contributed by atoms with van der Waals surface area (Å²) in [5.74, 6) is -0.271. The zero-order valence-electron chi connectivity index (χ0n) is 21.8. The second-order valence-electron chi connectivity index (χ2n) is 9.37. The Morgan fingerprint density at radius 1 is 1.12 bits per heavy atom. The Labute approximate surface area is 236 Å². The lowest BCUT2D eigenvalue weighted by molar-refractivity contribution is -0.117. The predicted octanol–water partition coefficient (Wildman–Crippen LogP) is 5.60. The molecule has 8 nitrogen and oxygen atoms in total. The highest BCUT2D eigenvalue weighted by Crippen LogP contribution is 2.27. The normalized spacial score (nSPS) is 14.6. The van der Waals surface area contributed by atoms with Crippen molar-refractivity contribution in [3.8, 4) is 22.7 Å². The van der Waals surface area contributed by atoms with E-state index in [9.17, 15) is 14.0 Å². The summed E-state index contributed by atoms with van der Waals surface area (Å²) in [4.78, 5) is 32.9. The molecule has 2 heterocycles. The van der Waals surface area contributed by atoms with E-state index in [0.717, 1.165) is 18.4 Å². The van der Waals surface area contributed by atoms with Gasteiger partial charge in [-0.05, 0) is 73.5 Å². The molecule has 0 unspecified atom stereocenters. The fourth-order valence-corrected chi connectivity index (χ4v) is 4.78. The molecular formula is C30H28ClFN4O4. The summed E-state index contributed by atoms with van der Waals surface area (Å²) in [5, 5.41) is 3.15. The maximum atomic E-state index is 13.6. The van der Waals surface area contributed by atoms with Crippen LogP contribution in [0.2, 0.25) is 5.02 Å². The number of anilines is 1. The van der Waals surface area contributed by atoms with Crippen LogP contribution in [0.1, 0.15) is 23.2 Å². The highest BCUT2D eigenvalue weighted by molar-refractivity contribution is 6.33. The van der Waals surface area contributed by atoms with Crippen molar-refractivity contribution < 1.29 is 23.5 Å². The van der Waals surface area contributed by atoms with Crippen molar-refractivity contribution >= 4 is 29.4 Å². The van der Waals surface area contributed by atoms with Gasteiger partial charge in [0.2, 0.25) is 11.9 Å². The smallest absolute Gasteiger partial charge is 0.255 e. The number of benzene rings is 3. The number of halogens is 2. The second kappa shape index (κ2) is 12.3. The molecular weight excluding hydrogens is 535 g/mol. The van der Waals surface area contributed by atoms with Gasteiger partial charge in [0.1, 0.15) is 18.1 Å². The van der Waals surface area contributed by atoms with Crippen LogP contribution in [0.5, 0.6) is 5.75 Å². The number of imidazole rings is 1. The minimum absolute atomic E-state index is 0.165. The van der Waals surface area contributed by atoms with Crippen molar-refractivity contribution in [3.63, 3.8) is 0 Å². The summed E-state index contributed by atoms with van der Waals surface area (Å²) in [5.41, 5.74) is 2.30. The maximum absolute atomic E-state index is 13.6. The second-order valence-corrected chi connectivity index (χ2v) is 9.78. The van der Waals surface area contributed by atoms with Crippen LogP contribution in [0, 0.1) is 5.82 Å². The number of hydrogen-bond donors (Lipinski definition) is 1. The fourth-order valence-electron chi connectivity index (χ4n) is 4.56. The first kappa shape index (κ1) is 27.4. The molecule has 1 saturated heterocycles. The Kier molecular flexibility index (Phi) is 8.42. The largest absolute Gasteiger partial charge is 0.497 e. The number of carbonyl (C=O) groups is 2. The molecule has 1 aliphatic heterocycles. The molecule has 10 heteroatoms. The Bertz CT molecular complexity index is 1480. The summed E-state index contributed by atoms with van der Waals surface area (Å²) in [6.07, 6.45) is 3.29. The predicted molar refractivity (Wildman–Crippen MR) is 150 cm³/mol. The summed E-state index contributed by atoms with van der Waals surface area (Å²) in [6.45, 7) is 0.632. The summed E-state index contributed by atoms with van der Waals surface area (Å²) in [6, 6.07) is 19.9. The van der Waals surface area contributed by atoms with Gasteiger partial charge in [-0.15, -0.1) is 0 Å². The number of rotatable bonds is 9. The number of hydrogen-bond acceptors (Lipinski definition) is 5. The van der Waals surface area contributed by atoms with Gasteiger partial charge in [0.05, 0.1) is 29.5 Å². The van der Waals surface area contributed by atoms with Gasteiger partial charge in [-0.25, -0.2) is 9.37 Å². The van der Waals surface area contributed by atoms with Gasteiger partial charge in [-0.1, -0.05) is 23.7 Å². The van der Waals surface area contributed by atoms with Crippen LogP contribution in [0.3, 0.4) is 0 Å². The molecule has 1 fully saturated rings. The number of nitrogens with one attached hydrogen (secondary N) is 1. The molecule has 4 aromatic rings. The van der Waals surface area contributed by atoms with Crippen molar-refractivity contribution in [1.82, 2.24) is 14.5 Å². The molecule has 0 bridgehead atoms. The lowest BCUT2D eigenvalue weighted by Crippen LogP contribution is -2.42. The number of aromatic nitrogens is 2. The monoisotopic (exact) mass is 562 g/mol. The van der Waals surface area contributed by atoms with E-state index >= 15 is 0 Å². The third kappa shape index (κ3) is 6.32. The highest BCUT2D eigenvalue weighted by atomic mass is 35.5. The van der Waals surface area contributed by atoms with Gasteiger partial charge in [-0.3, -0.25) is 19.5 Å². The van der Waals surface area contributed by atoms with E-state index in [0.29, 0.717) is 34.3 Å². The molecule has 1 aromatic heterocycles. The minimum atomic E-state index is -0.450.